The minimum absolute atomic E-state index is 0.166. The second-order valence-corrected chi connectivity index (χ2v) is 2.78. The Hall–Kier alpha value is -2.22. The Morgan fingerprint density at radius 3 is 2.93 bits per heavy atom. The van der Waals surface area contributed by atoms with Crippen LogP contribution in [-0.2, 0) is 0 Å². The number of hydrogen-bond acceptors (Lipinski definition) is 4. The second kappa shape index (κ2) is 3.26. The first-order chi connectivity index (χ1) is 6.79. The minimum atomic E-state index is 0.166. The molecule has 5 heteroatoms. The van der Waals surface area contributed by atoms with Crippen molar-refractivity contribution in [2.24, 2.45) is 0 Å². The number of pyridine rings is 1. The minimum Gasteiger partial charge on any atom is -0.261 e. The lowest BCUT2D eigenvalue weighted by Gasteiger charge is -1.99. The van der Waals surface area contributed by atoms with E-state index in [0.29, 0.717) is 0 Å². The Balaban J connectivity index is 2.45. The maximum atomic E-state index is 8.55. The van der Waals surface area contributed by atoms with Crippen LogP contribution in [0.5, 0.6) is 0 Å². The van der Waals surface area contributed by atoms with Gasteiger partial charge in [-0.1, -0.05) is 0 Å². The van der Waals surface area contributed by atoms with Gasteiger partial charge in [-0.3, -0.25) is 4.98 Å². The Bertz CT molecular complexity index is 494. The lowest BCUT2D eigenvalue weighted by Crippen LogP contribution is -1.96. The fourth-order valence-electron chi connectivity index (χ4n) is 1.11. The molecule has 0 fully saturated rings. The molecule has 0 aliphatic rings. The highest BCUT2D eigenvalue weighted by Gasteiger charge is 2.01. The summed E-state index contributed by atoms with van der Waals surface area (Å²) in [5.41, 5.74) is 1.75. The number of rotatable bonds is 1. The molecular weight excluding hydrogens is 178 g/mol. The molecule has 0 radical (unpaired) electrons. The zero-order valence-electron chi connectivity index (χ0n) is 7.55. The Morgan fingerprint density at radius 2 is 2.29 bits per heavy atom. The Labute approximate surface area is 80.7 Å². The molecule has 0 saturated heterocycles. The summed E-state index contributed by atoms with van der Waals surface area (Å²) in [6.07, 6.45) is 3.20. The summed E-state index contributed by atoms with van der Waals surface area (Å²) in [6.45, 7) is 1.89. The van der Waals surface area contributed by atoms with E-state index in [9.17, 15) is 0 Å². The summed E-state index contributed by atoms with van der Waals surface area (Å²) >= 11 is 0. The highest BCUT2D eigenvalue weighted by Crippen LogP contribution is 2.05. The van der Waals surface area contributed by atoms with Crippen molar-refractivity contribution in [3.8, 4) is 11.8 Å². The van der Waals surface area contributed by atoms with Crippen molar-refractivity contribution >= 4 is 0 Å². The first-order valence-electron chi connectivity index (χ1n) is 4.04. The van der Waals surface area contributed by atoms with E-state index in [1.54, 1.807) is 10.9 Å². The maximum Gasteiger partial charge on any atom is 0.252 e. The molecule has 0 N–H and O–H groups in total. The summed E-state index contributed by atoms with van der Waals surface area (Å²) in [5, 5.41) is 12.5. The van der Waals surface area contributed by atoms with Crippen LogP contribution in [0, 0.1) is 18.3 Å². The van der Waals surface area contributed by atoms with Crippen LogP contribution in [0.15, 0.2) is 24.7 Å². The second-order valence-electron chi connectivity index (χ2n) is 2.78. The summed E-state index contributed by atoms with van der Waals surface area (Å²) < 4.78 is 1.55. The van der Waals surface area contributed by atoms with Gasteiger partial charge < -0.3 is 0 Å². The molecule has 5 nitrogen and oxygen atoms in total. The van der Waals surface area contributed by atoms with E-state index in [0.717, 1.165) is 11.4 Å². The number of nitrogens with zero attached hydrogens (tertiary/aromatic N) is 5. The standard InChI is InChI=1S/C9H7N5/c1-7-4-8(2-3-11-7)14-6-12-9(5-10)13-14/h2-4,6H,1H3. The van der Waals surface area contributed by atoms with Crippen LogP contribution in [-0.4, -0.2) is 19.7 Å². The molecule has 2 aromatic rings. The monoisotopic (exact) mass is 185 g/mol. The SMILES string of the molecule is Cc1cc(-n2cnc(C#N)n2)ccn1. The van der Waals surface area contributed by atoms with Crippen molar-refractivity contribution in [1.29, 1.82) is 5.26 Å². The lowest BCUT2D eigenvalue weighted by molar-refractivity contribution is 0.867. The number of hydrogen-bond donors (Lipinski definition) is 0. The summed E-state index contributed by atoms with van der Waals surface area (Å²) in [6, 6.07) is 5.55. The van der Waals surface area contributed by atoms with Crippen LogP contribution in [0.1, 0.15) is 11.5 Å². The summed E-state index contributed by atoms with van der Waals surface area (Å²) in [4.78, 5) is 7.88. The molecule has 14 heavy (non-hydrogen) atoms. The van der Waals surface area contributed by atoms with E-state index in [-0.39, 0.29) is 5.82 Å². The quantitative estimate of drug-likeness (QED) is 0.660. The lowest BCUT2D eigenvalue weighted by atomic mass is 10.3. The van der Waals surface area contributed by atoms with Gasteiger partial charge in [-0.2, -0.15) is 5.26 Å². The smallest absolute Gasteiger partial charge is 0.252 e. The average molecular weight is 185 g/mol. The first kappa shape index (κ1) is 8.38. The molecule has 0 aliphatic heterocycles. The van der Waals surface area contributed by atoms with Crippen LogP contribution >= 0.6 is 0 Å². The van der Waals surface area contributed by atoms with Crippen LogP contribution in [0.25, 0.3) is 5.69 Å². The zero-order chi connectivity index (χ0) is 9.97. The molecule has 2 rings (SSSR count). The largest absolute Gasteiger partial charge is 0.261 e. The molecular formula is C9H7N5. The van der Waals surface area contributed by atoms with Crippen molar-refractivity contribution in [3.05, 3.63) is 36.2 Å². The molecule has 0 spiro atoms. The van der Waals surface area contributed by atoms with E-state index in [1.807, 2.05) is 25.1 Å². The van der Waals surface area contributed by atoms with E-state index in [4.69, 9.17) is 5.26 Å². The van der Waals surface area contributed by atoms with Crippen molar-refractivity contribution in [3.63, 3.8) is 0 Å². The van der Waals surface area contributed by atoms with E-state index >= 15 is 0 Å². The van der Waals surface area contributed by atoms with Gasteiger partial charge in [-0.25, -0.2) is 9.67 Å². The summed E-state index contributed by atoms with van der Waals surface area (Å²) in [5.74, 6) is 0.166. The first-order valence-corrected chi connectivity index (χ1v) is 4.04. The third-order valence-corrected chi connectivity index (χ3v) is 1.74. The van der Waals surface area contributed by atoms with Gasteiger partial charge in [0.15, 0.2) is 0 Å². The molecule has 0 bridgehead atoms. The van der Waals surface area contributed by atoms with Crippen molar-refractivity contribution < 1.29 is 0 Å². The molecule has 0 aliphatic carbocycles. The van der Waals surface area contributed by atoms with Gasteiger partial charge in [0.25, 0.3) is 5.82 Å². The molecule has 2 heterocycles. The average Bonchev–Trinajstić information content (AvgIpc) is 2.66. The number of aryl methyl sites for hydroxylation is 1. The van der Waals surface area contributed by atoms with E-state index < -0.39 is 0 Å². The normalized spacial score (nSPS) is 9.71. The molecule has 0 aromatic carbocycles. The van der Waals surface area contributed by atoms with Crippen LogP contribution in [0.3, 0.4) is 0 Å². The van der Waals surface area contributed by atoms with Crippen molar-refractivity contribution in [2.45, 2.75) is 6.92 Å². The highest BCUT2D eigenvalue weighted by atomic mass is 15.3. The zero-order valence-corrected chi connectivity index (χ0v) is 7.55. The van der Waals surface area contributed by atoms with Crippen molar-refractivity contribution in [1.82, 2.24) is 19.7 Å². The van der Waals surface area contributed by atoms with Gasteiger partial charge in [-0.15, -0.1) is 5.10 Å². The van der Waals surface area contributed by atoms with Crippen molar-refractivity contribution in [2.75, 3.05) is 0 Å². The Morgan fingerprint density at radius 1 is 1.43 bits per heavy atom. The third kappa shape index (κ3) is 1.45. The van der Waals surface area contributed by atoms with Gasteiger partial charge >= 0.3 is 0 Å². The molecule has 0 unspecified atom stereocenters. The van der Waals surface area contributed by atoms with Crippen LogP contribution in [0.2, 0.25) is 0 Å². The molecule has 0 saturated carbocycles. The predicted octanol–water partition coefficient (Wildman–Crippen LogP) is 0.842. The van der Waals surface area contributed by atoms with Gasteiger partial charge in [0.2, 0.25) is 0 Å². The number of nitriles is 1. The van der Waals surface area contributed by atoms with Crippen LogP contribution < -0.4 is 0 Å². The fraction of sp³-hybridized carbons (Fsp3) is 0.111. The molecule has 0 atom stereocenters. The van der Waals surface area contributed by atoms with Gasteiger partial charge in [0.1, 0.15) is 12.4 Å². The predicted molar refractivity (Wildman–Crippen MR) is 48.6 cm³/mol. The molecule has 2 aromatic heterocycles. The van der Waals surface area contributed by atoms with Gasteiger partial charge in [0, 0.05) is 11.9 Å². The Kier molecular flexibility index (Phi) is 1.95. The summed E-state index contributed by atoms with van der Waals surface area (Å²) in [7, 11) is 0. The third-order valence-electron chi connectivity index (χ3n) is 1.74. The molecule has 0 amide bonds. The highest BCUT2D eigenvalue weighted by molar-refractivity contribution is 5.30. The van der Waals surface area contributed by atoms with E-state index in [2.05, 4.69) is 15.1 Å². The number of aromatic nitrogens is 4. The van der Waals surface area contributed by atoms with Crippen LogP contribution in [0.4, 0.5) is 0 Å². The van der Waals surface area contributed by atoms with E-state index in [1.165, 1.54) is 6.33 Å². The van der Waals surface area contributed by atoms with Gasteiger partial charge in [0.05, 0.1) is 5.69 Å². The molecule has 68 valence electrons. The topological polar surface area (TPSA) is 67.4 Å². The maximum absolute atomic E-state index is 8.55. The fourth-order valence-corrected chi connectivity index (χ4v) is 1.11. The van der Waals surface area contributed by atoms with Gasteiger partial charge in [-0.05, 0) is 19.1 Å².